The van der Waals surface area contributed by atoms with E-state index in [0.29, 0.717) is 0 Å². The van der Waals surface area contributed by atoms with Gasteiger partial charge in [0.05, 0.1) is 0 Å². The van der Waals surface area contributed by atoms with Crippen LogP contribution in [0.25, 0.3) is 0 Å². The van der Waals surface area contributed by atoms with Gasteiger partial charge in [0.1, 0.15) is 0 Å². The molecule has 0 N–H and O–H groups in total. The van der Waals surface area contributed by atoms with Crippen molar-refractivity contribution in [2.45, 2.75) is 0 Å². The van der Waals surface area contributed by atoms with Gasteiger partial charge in [-0.05, 0) is 0 Å². The molecule has 0 unspecified atom stereocenters. The second-order valence-corrected chi connectivity index (χ2v) is 2.87. The average molecular weight is 115 g/mol. The highest BCUT2D eigenvalue weighted by Crippen LogP contribution is 2.06. The van der Waals surface area contributed by atoms with Crippen molar-refractivity contribution in [3.05, 3.63) is 7.05 Å². The normalized spacial score (nSPS) is 25.3. The Morgan fingerprint density at radius 1 is 1.29 bits per heavy atom. The van der Waals surface area contributed by atoms with E-state index in [1.807, 2.05) is 16.7 Å². The fraction of sp³-hybridized carbons (Fsp3) is 0.800. The Balaban J connectivity index is 2.12. The van der Waals surface area contributed by atoms with Gasteiger partial charge in [0.2, 0.25) is 0 Å². The first-order chi connectivity index (χ1) is 3.39. The predicted molar refractivity (Wildman–Crippen MR) is 33.2 cm³/mol. The summed E-state index contributed by atoms with van der Waals surface area (Å²) in [5.41, 5.74) is 0. The van der Waals surface area contributed by atoms with Crippen LogP contribution < -0.4 is 0 Å². The molecule has 1 saturated heterocycles. The number of nitrogens with zero attached hydrogens (tertiary/aromatic N) is 1. The molecule has 1 aliphatic heterocycles. The Bertz CT molecular complexity index is 50.0. The van der Waals surface area contributed by atoms with E-state index in [9.17, 15) is 0 Å². The van der Waals surface area contributed by atoms with Gasteiger partial charge in [0.15, 0.2) is 0 Å². The number of hydrogen-bond donors (Lipinski definition) is 0. The van der Waals surface area contributed by atoms with Gasteiger partial charge in [-0.2, -0.15) is 11.8 Å². The van der Waals surface area contributed by atoms with Gasteiger partial charge in [-0.15, -0.1) is 0 Å². The molecule has 1 rings (SSSR count). The highest BCUT2D eigenvalue weighted by molar-refractivity contribution is 7.99. The van der Waals surface area contributed by atoms with Crippen molar-refractivity contribution in [2.24, 2.45) is 0 Å². The maximum absolute atomic E-state index is 5.45. The SMILES string of the molecule is [CH]N1CCSCC1. The Morgan fingerprint density at radius 2 is 1.86 bits per heavy atom. The van der Waals surface area contributed by atoms with Crippen molar-refractivity contribution in [1.29, 1.82) is 0 Å². The van der Waals surface area contributed by atoms with Gasteiger partial charge >= 0.3 is 0 Å². The molecular formula is C5H9NS. The summed E-state index contributed by atoms with van der Waals surface area (Å²) >= 11 is 1.98. The molecule has 0 aliphatic carbocycles. The zero-order valence-electron chi connectivity index (χ0n) is 4.26. The molecule has 1 nitrogen and oxygen atoms in total. The molecule has 0 saturated carbocycles. The summed E-state index contributed by atoms with van der Waals surface area (Å²) in [5.74, 6) is 2.41. The molecule has 2 radical (unpaired) electrons. The van der Waals surface area contributed by atoms with E-state index in [1.165, 1.54) is 11.5 Å². The first kappa shape index (κ1) is 5.45. The van der Waals surface area contributed by atoms with Crippen LogP contribution in [0.1, 0.15) is 0 Å². The highest BCUT2D eigenvalue weighted by atomic mass is 32.2. The number of rotatable bonds is 0. The Kier molecular flexibility index (Phi) is 2.00. The first-order valence-corrected chi connectivity index (χ1v) is 3.62. The molecule has 0 amide bonds. The monoisotopic (exact) mass is 115 g/mol. The summed E-state index contributed by atoms with van der Waals surface area (Å²) < 4.78 is 0. The van der Waals surface area contributed by atoms with Crippen LogP contribution in [0.15, 0.2) is 0 Å². The fourth-order valence-corrected chi connectivity index (χ4v) is 1.51. The van der Waals surface area contributed by atoms with E-state index in [-0.39, 0.29) is 0 Å². The molecule has 1 aliphatic rings. The van der Waals surface area contributed by atoms with Gasteiger partial charge < -0.3 is 0 Å². The van der Waals surface area contributed by atoms with Crippen LogP contribution in [-0.2, 0) is 0 Å². The van der Waals surface area contributed by atoms with Crippen molar-refractivity contribution in [3.63, 3.8) is 0 Å². The minimum atomic E-state index is 1.06. The van der Waals surface area contributed by atoms with Crippen molar-refractivity contribution in [2.75, 3.05) is 24.6 Å². The second-order valence-electron chi connectivity index (χ2n) is 1.65. The molecular weight excluding hydrogens is 106 g/mol. The molecule has 1 fully saturated rings. The first-order valence-electron chi connectivity index (χ1n) is 2.47. The quantitative estimate of drug-likeness (QED) is 0.457. The third kappa shape index (κ3) is 1.70. The van der Waals surface area contributed by atoms with Crippen molar-refractivity contribution in [3.8, 4) is 0 Å². The Morgan fingerprint density at radius 3 is 2.14 bits per heavy atom. The van der Waals surface area contributed by atoms with E-state index in [0.717, 1.165) is 13.1 Å². The van der Waals surface area contributed by atoms with Crippen molar-refractivity contribution >= 4 is 11.8 Å². The lowest BCUT2D eigenvalue weighted by molar-refractivity contribution is 0.411. The van der Waals surface area contributed by atoms with E-state index < -0.39 is 0 Å². The van der Waals surface area contributed by atoms with Crippen LogP contribution in [0, 0.1) is 7.05 Å². The molecule has 0 aromatic heterocycles. The number of hydrogen-bond acceptors (Lipinski definition) is 2. The Hall–Kier alpha value is 0.310. The zero-order valence-corrected chi connectivity index (χ0v) is 5.08. The van der Waals surface area contributed by atoms with Gasteiger partial charge in [0.25, 0.3) is 0 Å². The van der Waals surface area contributed by atoms with Gasteiger partial charge in [-0.1, -0.05) is 0 Å². The fourth-order valence-electron chi connectivity index (χ4n) is 0.577. The van der Waals surface area contributed by atoms with Crippen LogP contribution in [0.4, 0.5) is 0 Å². The lowest BCUT2D eigenvalue weighted by Gasteiger charge is -2.19. The second kappa shape index (κ2) is 2.58. The molecule has 2 heteroatoms. The van der Waals surface area contributed by atoms with Gasteiger partial charge in [-0.25, -0.2) is 0 Å². The summed E-state index contributed by atoms with van der Waals surface area (Å²) in [5, 5.41) is 0. The Labute approximate surface area is 49.1 Å². The smallest absolute Gasteiger partial charge is 0.0439 e. The molecule has 0 atom stereocenters. The minimum Gasteiger partial charge on any atom is -0.295 e. The van der Waals surface area contributed by atoms with E-state index >= 15 is 0 Å². The standard InChI is InChI=1S/C5H9NS/c1-6-2-4-7-5-3-6/h1H,2-5H2. The molecule has 0 aromatic carbocycles. The van der Waals surface area contributed by atoms with Crippen LogP contribution in [0.5, 0.6) is 0 Å². The van der Waals surface area contributed by atoms with Crippen molar-refractivity contribution < 1.29 is 0 Å². The predicted octanol–water partition coefficient (Wildman–Crippen LogP) is 0.704. The molecule has 0 bridgehead atoms. The third-order valence-electron chi connectivity index (χ3n) is 1.05. The van der Waals surface area contributed by atoms with Crippen LogP contribution >= 0.6 is 11.8 Å². The van der Waals surface area contributed by atoms with E-state index in [2.05, 4.69) is 0 Å². The maximum atomic E-state index is 5.45. The molecule has 0 aromatic rings. The van der Waals surface area contributed by atoms with Gasteiger partial charge in [0, 0.05) is 31.6 Å². The molecule has 40 valence electrons. The third-order valence-corrected chi connectivity index (χ3v) is 1.99. The van der Waals surface area contributed by atoms with E-state index in [4.69, 9.17) is 7.05 Å². The largest absolute Gasteiger partial charge is 0.295 e. The summed E-state index contributed by atoms with van der Waals surface area (Å²) in [6.07, 6.45) is 0. The lowest BCUT2D eigenvalue weighted by atomic mass is 10.6. The number of thioether (sulfide) groups is 1. The molecule has 7 heavy (non-hydrogen) atoms. The van der Waals surface area contributed by atoms with Gasteiger partial charge in [-0.3, -0.25) is 4.90 Å². The minimum absolute atomic E-state index is 1.06. The summed E-state index contributed by atoms with van der Waals surface area (Å²) in [4.78, 5) is 1.87. The summed E-state index contributed by atoms with van der Waals surface area (Å²) in [6, 6.07) is 0. The van der Waals surface area contributed by atoms with Crippen LogP contribution in [0.2, 0.25) is 0 Å². The lowest BCUT2D eigenvalue weighted by Crippen LogP contribution is -2.26. The topological polar surface area (TPSA) is 3.24 Å². The van der Waals surface area contributed by atoms with Crippen LogP contribution in [-0.4, -0.2) is 29.5 Å². The van der Waals surface area contributed by atoms with Crippen LogP contribution in [0.3, 0.4) is 0 Å². The highest BCUT2D eigenvalue weighted by Gasteiger charge is 2.03. The maximum Gasteiger partial charge on any atom is 0.0439 e. The van der Waals surface area contributed by atoms with Crippen molar-refractivity contribution in [1.82, 2.24) is 4.90 Å². The summed E-state index contributed by atoms with van der Waals surface area (Å²) in [7, 11) is 5.45. The zero-order chi connectivity index (χ0) is 5.11. The summed E-state index contributed by atoms with van der Waals surface area (Å²) in [6.45, 7) is 2.12. The molecule has 1 heterocycles. The van der Waals surface area contributed by atoms with E-state index in [1.54, 1.807) is 0 Å². The average Bonchev–Trinajstić information content (AvgIpc) is 1.69. The molecule has 0 spiro atoms.